The summed E-state index contributed by atoms with van der Waals surface area (Å²) in [6.45, 7) is 0.840. The van der Waals surface area contributed by atoms with E-state index in [9.17, 15) is 13.2 Å². The van der Waals surface area contributed by atoms with Crippen LogP contribution in [-0.4, -0.2) is 47.4 Å². The summed E-state index contributed by atoms with van der Waals surface area (Å²) in [5, 5.41) is 5.23. The average molecular weight is 491 g/mol. The van der Waals surface area contributed by atoms with Crippen molar-refractivity contribution in [3.05, 3.63) is 65.7 Å². The molecule has 0 aliphatic heterocycles. The van der Waals surface area contributed by atoms with Gasteiger partial charge in [0.2, 0.25) is 15.9 Å². The Bertz CT molecular complexity index is 1210. The molecule has 0 fully saturated rings. The number of carbonyl (C=O) groups is 1. The predicted molar refractivity (Wildman–Crippen MR) is 132 cm³/mol. The second kappa shape index (κ2) is 11.2. The number of fused-ring (bicyclic) bond motifs is 1. The fourth-order valence-corrected chi connectivity index (χ4v) is 4.65. The van der Waals surface area contributed by atoms with E-state index in [0.29, 0.717) is 36.0 Å². The second-order valence-electron chi connectivity index (χ2n) is 7.43. The summed E-state index contributed by atoms with van der Waals surface area (Å²) in [5.41, 5.74) is 0.423. The molecule has 3 rings (SSSR count). The third-order valence-corrected chi connectivity index (χ3v) is 6.51. The smallest absolute Gasteiger partial charge is 0.232 e. The lowest BCUT2D eigenvalue weighted by molar-refractivity contribution is -0.121. The van der Waals surface area contributed by atoms with Crippen molar-refractivity contribution in [2.24, 2.45) is 0 Å². The molecule has 7 nitrogen and oxygen atoms in total. The monoisotopic (exact) mass is 490 g/mol. The van der Waals surface area contributed by atoms with Crippen LogP contribution in [0.15, 0.2) is 60.7 Å². The molecule has 0 aromatic heterocycles. The lowest BCUT2D eigenvalue weighted by atomic mass is 10.1. The van der Waals surface area contributed by atoms with Crippen molar-refractivity contribution in [2.45, 2.75) is 12.8 Å². The van der Waals surface area contributed by atoms with E-state index in [2.05, 4.69) is 5.32 Å². The van der Waals surface area contributed by atoms with Crippen molar-refractivity contribution in [3.8, 4) is 11.5 Å². The van der Waals surface area contributed by atoms with E-state index < -0.39 is 10.0 Å². The van der Waals surface area contributed by atoms with Gasteiger partial charge in [0.05, 0.1) is 30.6 Å². The Hall–Kier alpha value is -2.97. The van der Waals surface area contributed by atoms with E-state index >= 15 is 0 Å². The van der Waals surface area contributed by atoms with E-state index in [0.717, 1.165) is 22.8 Å². The number of nitrogens with one attached hydrogen (secondary N) is 1. The van der Waals surface area contributed by atoms with Crippen LogP contribution < -0.4 is 19.1 Å². The first-order valence-corrected chi connectivity index (χ1v) is 12.7. The largest absolute Gasteiger partial charge is 0.495 e. The highest BCUT2D eigenvalue weighted by atomic mass is 35.5. The van der Waals surface area contributed by atoms with Gasteiger partial charge in [-0.05, 0) is 36.1 Å². The van der Waals surface area contributed by atoms with Gasteiger partial charge in [0.15, 0.2) is 0 Å². The van der Waals surface area contributed by atoms with Crippen LogP contribution in [0.2, 0.25) is 5.02 Å². The maximum atomic E-state index is 12.2. The number of hydrogen-bond acceptors (Lipinski definition) is 5. The Morgan fingerprint density at radius 1 is 1.06 bits per heavy atom. The molecule has 0 aliphatic rings. The molecule has 0 heterocycles. The normalized spacial score (nSPS) is 11.2. The third kappa shape index (κ3) is 6.76. The molecule has 0 aliphatic carbocycles. The number of nitrogens with zero attached hydrogens (tertiary/aromatic N) is 1. The first kappa shape index (κ1) is 24.7. The minimum atomic E-state index is -3.54. The van der Waals surface area contributed by atoms with Crippen LogP contribution in [0.5, 0.6) is 11.5 Å². The van der Waals surface area contributed by atoms with E-state index in [-0.39, 0.29) is 18.9 Å². The van der Waals surface area contributed by atoms with Gasteiger partial charge in [-0.25, -0.2) is 8.42 Å². The van der Waals surface area contributed by atoms with Crippen molar-refractivity contribution < 1.29 is 22.7 Å². The molecule has 3 aromatic rings. The van der Waals surface area contributed by atoms with E-state index in [1.807, 2.05) is 42.5 Å². The molecule has 0 bridgehead atoms. The van der Waals surface area contributed by atoms with Crippen molar-refractivity contribution in [1.82, 2.24) is 5.32 Å². The minimum Gasteiger partial charge on any atom is -0.495 e. The fourth-order valence-electron chi connectivity index (χ4n) is 3.44. The lowest BCUT2D eigenvalue weighted by Crippen LogP contribution is -2.33. The van der Waals surface area contributed by atoms with Crippen molar-refractivity contribution in [1.29, 1.82) is 0 Å². The van der Waals surface area contributed by atoms with Gasteiger partial charge in [-0.2, -0.15) is 0 Å². The quantitative estimate of drug-likeness (QED) is 0.406. The van der Waals surface area contributed by atoms with Crippen molar-refractivity contribution >= 4 is 44.0 Å². The first-order chi connectivity index (χ1) is 15.8. The fraction of sp³-hybridized carbons (Fsp3) is 0.292. The van der Waals surface area contributed by atoms with Gasteiger partial charge in [-0.3, -0.25) is 9.10 Å². The Morgan fingerprint density at radius 3 is 2.55 bits per heavy atom. The zero-order chi connectivity index (χ0) is 23.8. The summed E-state index contributed by atoms with van der Waals surface area (Å²) in [5.74, 6) is 1.06. The van der Waals surface area contributed by atoms with Crippen LogP contribution in [0.4, 0.5) is 5.69 Å². The number of rotatable bonds is 11. The number of sulfonamides is 1. The van der Waals surface area contributed by atoms with Gasteiger partial charge in [-0.1, -0.05) is 48.0 Å². The van der Waals surface area contributed by atoms with Gasteiger partial charge in [-0.15, -0.1) is 0 Å². The molecular weight excluding hydrogens is 464 g/mol. The summed E-state index contributed by atoms with van der Waals surface area (Å²) in [6.07, 6.45) is 1.66. The molecule has 0 spiro atoms. The molecule has 9 heteroatoms. The summed E-state index contributed by atoms with van der Waals surface area (Å²) in [7, 11) is -2.05. The number of anilines is 1. The Balaban J connectivity index is 1.47. The van der Waals surface area contributed by atoms with Gasteiger partial charge in [0.1, 0.15) is 18.1 Å². The highest BCUT2D eigenvalue weighted by Crippen LogP contribution is 2.30. The topological polar surface area (TPSA) is 84.9 Å². The number of hydrogen-bond donors (Lipinski definition) is 1. The summed E-state index contributed by atoms with van der Waals surface area (Å²) < 4.78 is 36.7. The SMILES string of the molecule is COc1ccc(N(CCCC(=O)NCCOc2cccc3ccccc23)S(C)(=O)=O)cc1Cl. The standard InChI is InChI=1S/C24H27ClN2O5S/c1-31-23-13-12-19(17-21(23)25)27(33(2,29)30)15-6-11-24(28)26-14-16-32-22-10-5-8-18-7-3-4-9-20(18)22/h3-5,7-10,12-13,17H,6,11,14-16H2,1-2H3,(H,26,28). The first-order valence-electron chi connectivity index (χ1n) is 10.5. The van der Waals surface area contributed by atoms with Gasteiger partial charge >= 0.3 is 0 Å². The number of amides is 1. The summed E-state index contributed by atoms with van der Waals surface area (Å²) in [4.78, 5) is 12.2. The molecule has 0 radical (unpaired) electrons. The van der Waals surface area contributed by atoms with E-state index in [1.165, 1.54) is 17.5 Å². The Morgan fingerprint density at radius 2 is 1.82 bits per heavy atom. The molecule has 1 amide bonds. The molecule has 1 N–H and O–H groups in total. The third-order valence-electron chi connectivity index (χ3n) is 5.02. The van der Waals surface area contributed by atoms with E-state index in [1.54, 1.807) is 12.1 Å². The number of halogens is 1. The average Bonchev–Trinajstić information content (AvgIpc) is 2.79. The number of methoxy groups -OCH3 is 1. The second-order valence-corrected chi connectivity index (χ2v) is 9.75. The maximum Gasteiger partial charge on any atom is 0.232 e. The van der Waals surface area contributed by atoms with E-state index in [4.69, 9.17) is 21.1 Å². The van der Waals surface area contributed by atoms with Crippen LogP contribution in [0, 0.1) is 0 Å². The number of ether oxygens (including phenoxy) is 2. The van der Waals surface area contributed by atoms with Crippen LogP contribution in [0.25, 0.3) is 10.8 Å². The van der Waals surface area contributed by atoms with Crippen LogP contribution in [0.1, 0.15) is 12.8 Å². The highest BCUT2D eigenvalue weighted by Gasteiger charge is 2.19. The number of benzene rings is 3. The molecule has 33 heavy (non-hydrogen) atoms. The highest BCUT2D eigenvalue weighted by molar-refractivity contribution is 7.92. The Kier molecular flexibility index (Phi) is 8.41. The zero-order valence-electron chi connectivity index (χ0n) is 18.6. The molecular formula is C24H27ClN2O5S. The van der Waals surface area contributed by atoms with Gasteiger partial charge in [0.25, 0.3) is 0 Å². The van der Waals surface area contributed by atoms with Crippen LogP contribution in [0.3, 0.4) is 0 Å². The summed E-state index contributed by atoms with van der Waals surface area (Å²) >= 11 is 6.13. The zero-order valence-corrected chi connectivity index (χ0v) is 20.2. The molecule has 3 aromatic carbocycles. The molecule has 176 valence electrons. The van der Waals surface area contributed by atoms with Gasteiger partial charge < -0.3 is 14.8 Å². The molecule has 0 saturated carbocycles. The van der Waals surface area contributed by atoms with Crippen LogP contribution in [-0.2, 0) is 14.8 Å². The Labute approximate surface area is 199 Å². The molecule has 0 saturated heterocycles. The van der Waals surface area contributed by atoms with Crippen molar-refractivity contribution in [2.75, 3.05) is 37.4 Å². The van der Waals surface area contributed by atoms with Crippen molar-refractivity contribution in [3.63, 3.8) is 0 Å². The number of carbonyl (C=O) groups excluding carboxylic acids is 1. The minimum absolute atomic E-state index is 0.154. The predicted octanol–water partition coefficient (Wildman–Crippen LogP) is 4.24. The van der Waals surface area contributed by atoms with Crippen LogP contribution >= 0.6 is 11.6 Å². The molecule has 0 atom stereocenters. The van der Waals surface area contributed by atoms with Gasteiger partial charge in [0, 0.05) is 18.4 Å². The summed E-state index contributed by atoms with van der Waals surface area (Å²) in [6, 6.07) is 18.5. The lowest BCUT2D eigenvalue weighted by Gasteiger charge is -2.23. The molecule has 0 unspecified atom stereocenters. The maximum absolute atomic E-state index is 12.2.